The Labute approximate surface area is 222 Å². The lowest BCUT2D eigenvalue weighted by Crippen LogP contribution is -2.55. The van der Waals surface area contributed by atoms with E-state index < -0.39 is 5.79 Å². The average molecular weight is 515 g/mol. The van der Waals surface area contributed by atoms with Crippen molar-refractivity contribution in [2.24, 2.45) is 46.3 Å². The van der Waals surface area contributed by atoms with Crippen LogP contribution in [0, 0.1) is 46.3 Å². The molecule has 1 spiro atoms. The number of hydrogen-bond acceptors (Lipinski definition) is 6. The lowest BCUT2D eigenvalue weighted by atomic mass is 9.47. The molecule has 6 heteroatoms. The van der Waals surface area contributed by atoms with E-state index in [0.717, 1.165) is 58.0 Å². The molecule has 6 aliphatic rings. The molecular weight excluding hydrogens is 468 g/mol. The molecule has 0 amide bonds. The molecule has 2 saturated heterocycles. The van der Waals surface area contributed by atoms with Crippen molar-refractivity contribution < 1.29 is 28.5 Å². The number of ether oxygens (including phenoxy) is 4. The molecule has 0 aromatic carbocycles. The van der Waals surface area contributed by atoms with Crippen molar-refractivity contribution >= 4 is 11.9 Å². The maximum absolute atomic E-state index is 12.5. The van der Waals surface area contributed by atoms with Crippen molar-refractivity contribution in [2.45, 2.75) is 117 Å². The van der Waals surface area contributed by atoms with E-state index in [1.807, 2.05) is 0 Å². The highest BCUT2D eigenvalue weighted by Gasteiger charge is 2.71. The molecule has 5 fully saturated rings. The molecule has 2 heterocycles. The van der Waals surface area contributed by atoms with Gasteiger partial charge in [0.05, 0.1) is 12.7 Å². The molecule has 0 aromatic heterocycles. The topological polar surface area (TPSA) is 71.1 Å². The first-order chi connectivity index (χ1) is 17.5. The van der Waals surface area contributed by atoms with Crippen molar-refractivity contribution in [2.75, 3.05) is 6.61 Å². The Kier molecular flexibility index (Phi) is 6.15. The van der Waals surface area contributed by atoms with Gasteiger partial charge in [0.25, 0.3) is 0 Å². The molecule has 3 saturated carbocycles. The summed E-state index contributed by atoms with van der Waals surface area (Å²) in [6, 6.07) is 0. The number of carbonyl (C=O) groups is 2. The Bertz CT molecular complexity index is 980. The maximum Gasteiger partial charge on any atom is 0.303 e. The minimum atomic E-state index is -0.487. The zero-order chi connectivity index (χ0) is 26.3. The van der Waals surface area contributed by atoms with E-state index in [4.69, 9.17) is 18.9 Å². The summed E-state index contributed by atoms with van der Waals surface area (Å²) in [6.07, 6.45) is 10.6. The monoisotopic (exact) mass is 514 g/mol. The minimum Gasteiger partial charge on any atom is -0.463 e. The van der Waals surface area contributed by atoms with Crippen LogP contribution in [0.25, 0.3) is 0 Å². The van der Waals surface area contributed by atoms with Crippen LogP contribution >= 0.6 is 0 Å². The summed E-state index contributed by atoms with van der Waals surface area (Å²) in [5.41, 5.74) is 1.40. The van der Waals surface area contributed by atoms with Crippen molar-refractivity contribution in [3.63, 3.8) is 0 Å². The van der Waals surface area contributed by atoms with E-state index in [1.54, 1.807) is 6.92 Å². The normalized spacial score (nSPS) is 52.4. The second-order valence-corrected chi connectivity index (χ2v) is 13.9. The Balaban J connectivity index is 1.34. The summed E-state index contributed by atoms with van der Waals surface area (Å²) in [7, 11) is 0. The standard InChI is InChI=1S/C31H46O6/c1-17-9-12-31(34-16-17)18(2)28-26(37-31)14-25-23-8-7-21-13-22(35-19(3)32)10-11-29(21,5)24(23)15-27(30(25,28)6)36-20(4)33/h15,17-18,21-23,25-28H,7-14,16H2,1-6H3/t17?,18-,21-,22?,23?,25?,26?,27?,28?,29?,30?,31+/m0/s1. The van der Waals surface area contributed by atoms with Crippen molar-refractivity contribution in [1.82, 2.24) is 0 Å². The van der Waals surface area contributed by atoms with Gasteiger partial charge in [0.15, 0.2) is 5.79 Å². The predicted molar refractivity (Wildman–Crippen MR) is 138 cm³/mol. The molecule has 0 bridgehead atoms. The first-order valence-corrected chi connectivity index (χ1v) is 14.9. The Morgan fingerprint density at radius 2 is 1.73 bits per heavy atom. The van der Waals surface area contributed by atoms with E-state index >= 15 is 0 Å². The Hall–Kier alpha value is -1.40. The minimum absolute atomic E-state index is 0.0281. The van der Waals surface area contributed by atoms with Gasteiger partial charge in [-0.25, -0.2) is 0 Å². The largest absolute Gasteiger partial charge is 0.463 e. The SMILES string of the molecule is CC(=O)OC1CCC2(C)C3=CC(OC(C)=O)C4(C)C(CC5O[C@]6(CCC(C)CO6)[C@@H](C)C54)C3CC[C@H]2C1. The number of hydrogen-bond donors (Lipinski definition) is 0. The number of allylic oxidation sites excluding steroid dienone is 1. The van der Waals surface area contributed by atoms with Gasteiger partial charge in [-0.2, -0.15) is 0 Å². The zero-order valence-corrected chi connectivity index (χ0v) is 23.6. The number of esters is 2. The molecule has 0 aromatic rings. The number of fused-ring (bicyclic) bond motifs is 7. The van der Waals surface area contributed by atoms with E-state index in [1.165, 1.54) is 12.5 Å². The first kappa shape index (κ1) is 25.9. The van der Waals surface area contributed by atoms with Gasteiger partial charge >= 0.3 is 11.9 Å². The van der Waals surface area contributed by atoms with Crippen LogP contribution in [0.2, 0.25) is 0 Å². The predicted octanol–water partition coefficient (Wildman–Crippen LogP) is 5.83. The van der Waals surface area contributed by atoms with Gasteiger partial charge < -0.3 is 18.9 Å². The average Bonchev–Trinajstić information content (AvgIpc) is 3.27. The fourth-order valence-electron chi connectivity index (χ4n) is 10.1. The highest BCUT2D eigenvalue weighted by Crippen LogP contribution is 2.70. The molecule has 37 heavy (non-hydrogen) atoms. The quantitative estimate of drug-likeness (QED) is 0.341. The summed E-state index contributed by atoms with van der Waals surface area (Å²) in [5, 5.41) is 0. The molecular formula is C31H46O6. The third-order valence-electron chi connectivity index (χ3n) is 12.0. The first-order valence-electron chi connectivity index (χ1n) is 14.9. The van der Waals surface area contributed by atoms with Gasteiger partial charge in [0.2, 0.25) is 0 Å². The van der Waals surface area contributed by atoms with E-state index in [0.29, 0.717) is 29.6 Å². The number of rotatable bonds is 2. The van der Waals surface area contributed by atoms with Gasteiger partial charge in [0, 0.05) is 37.5 Å². The molecule has 206 valence electrons. The molecule has 6 nitrogen and oxygen atoms in total. The van der Waals surface area contributed by atoms with Crippen LogP contribution in [0.5, 0.6) is 0 Å². The lowest BCUT2D eigenvalue weighted by molar-refractivity contribution is -0.272. The molecule has 4 aliphatic carbocycles. The van der Waals surface area contributed by atoms with Crippen LogP contribution in [-0.2, 0) is 28.5 Å². The molecule has 0 N–H and O–H groups in total. The van der Waals surface area contributed by atoms with Crippen LogP contribution in [0.3, 0.4) is 0 Å². The summed E-state index contributed by atoms with van der Waals surface area (Å²) in [4.78, 5) is 24.1. The molecule has 9 unspecified atom stereocenters. The smallest absolute Gasteiger partial charge is 0.303 e. The van der Waals surface area contributed by atoms with Crippen molar-refractivity contribution in [3.05, 3.63) is 11.6 Å². The van der Waals surface area contributed by atoms with Crippen LogP contribution in [0.1, 0.15) is 92.9 Å². The summed E-state index contributed by atoms with van der Waals surface area (Å²) < 4.78 is 25.3. The van der Waals surface area contributed by atoms with Crippen molar-refractivity contribution in [1.29, 1.82) is 0 Å². The maximum atomic E-state index is 12.5. The van der Waals surface area contributed by atoms with Crippen LogP contribution < -0.4 is 0 Å². The van der Waals surface area contributed by atoms with Gasteiger partial charge in [0.1, 0.15) is 12.2 Å². The summed E-state index contributed by atoms with van der Waals surface area (Å²) in [5.74, 6) is 1.69. The fraction of sp³-hybridized carbons (Fsp3) is 0.871. The van der Waals surface area contributed by atoms with Crippen LogP contribution in [0.4, 0.5) is 0 Å². The van der Waals surface area contributed by atoms with Gasteiger partial charge in [-0.15, -0.1) is 0 Å². The van der Waals surface area contributed by atoms with Crippen LogP contribution in [-0.4, -0.2) is 42.6 Å². The van der Waals surface area contributed by atoms with E-state index in [-0.39, 0.29) is 47.0 Å². The third kappa shape index (κ3) is 3.78. The third-order valence-corrected chi connectivity index (χ3v) is 12.0. The highest BCUT2D eigenvalue weighted by molar-refractivity contribution is 5.67. The number of carbonyl (C=O) groups excluding carboxylic acids is 2. The van der Waals surface area contributed by atoms with Crippen molar-refractivity contribution in [3.8, 4) is 0 Å². The lowest BCUT2D eigenvalue weighted by Gasteiger charge is -2.58. The van der Waals surface area contributed by atoms with Gasteiger partial charge in [-0.3, -0.25) is 9.59 Å². The molecule has 2 aliphatic heterocycles. The molecule has 12 atom stereocenters. The van der Waals surface area contributed by atoms with E-state index in [2.05, 4.69) is 33.8 Å². The van der Waals surface area contributed by atoms with E-state index in [9.17, 15) is 9.59 Å². The zero-order valence-electron chi connectivity index (χ0n) is 23.6. The fourth-order valence-corrected chi connectivity index (χ4v) is 10.1. The van der Waals surface area contributed by atoms with Gasteiger partial charge in [-0.05, 0) is 80.1 Å². The Morgan fingerprint density at radius 1 is 0.973 bits per heavy atom. The second kappa shape index (κ2) is 8.81. The molecule has 6 rings (SSSR count). The molecule has 0 radical (unpaired) electrons. The second-order valence-electron chi connectivity index (χ2n) is 13.9. The Morgan fingerprint density at radius 3 is 2.41 bits per heavy atom. The van der Waals surface area contributed by atoms with Gasteiger partial charge in [-0.1, -0.05) is 33.3 Å². The van der Waals surface area contributed by atoms with Crippen LogP contribution in [0.15, 0.2) is 11.6 Å². The summed E-state index contributed by atoms with van der Waals surface area (Å²) >= 11 is 0. The highest BCUT2D eigenvalue weighted by atomic mass is 16.7. The summed E-state index contributed by atoms with van der Waals surface area (Å²) in [6.45, 7) is 13.2.